The van der Waals surface area contributed by atoms with Crippen molar-refractivity contribution in [1.29, 1.82) is 0 Å². The van der Waals surface area contributed by atoms with Gasteiger partial charge in [-0.3, -0.25) is 14.0 Å². The van der Waals surface area contributed by atoms with E-state index >= 15 is 0 Å². The number of carbonyl (C=O) groups is 1. The number of hydrogen-bond donors (Lipinski definition) is 1. The molecule has 1 amide bonds. The van der Waals surface area contributed by atoms with Crippen LogP contribution in [0.2, 0.25) is 0 Å². The first-order valence-electron chi connectivity index (χ1n) is 9.38. The number of hydrogen-bond acceptors (Lipinski definition) is 5. The fourth-order valence-corrected chi connectivity index (χ4v) is 4.61. The summed E-state index contributed by atoms with van der Waals surface area (Å²) >= 11 is 0. The van der Waals surface area contributed by atoms with Crippen LogP contribution in [0.15, 0.2) is 18.2 Å². The summed E-state index contributed by atoms with van der Waals surface area (Å²) in [6.07, 6.45) is 1.54. The molecule has 1 saturated heterocycles. The summed E-state index contributed by atoms with van der Waals surface area (Å²) in [6, 6.07) is 4.81. The predicted octanol–water partition coefficient (Wildman–Crippen LogP) is 1.30. The van der Waals surface area contributed by atoms with Gasteiger partial charge in [0.2, 0.25) is 15.9 Å². The molecule has 27 heavy (non-hydrogen) atoms. The van der Waals surface area contributed by atoms with Crippen molar-refractivity contribution in [3.05, 3.63) is 29.3 Å². The van der Waals surface area contributed by atoms with Crippen LogP contribution in [0.25, 0.3) is 0 Å². The van der Waals surface area contributed by atoms with E-state index < -0.39 is 16.1 Å². The standard InChI is InChI=1S/C19H31N3O4S/c1-5-18(19(23)20-6-7-21-8-10-26-11-9-21)22(27(4,24)25)17-13-15(2)12-16(3)14-17/h12-14,18H,5-11H2,1-4H3,(H,20,23)/t18-/m1/s1. The highest BCUT2D eigenvalue weighted by molar-refractivity contribution is 7.92. The van der Waals surface area contributed by atoms with Crippen molar-refractivity contribution >= 4 is 21.6 Å². The number of rotatable bonds is 8. The lowest BCUT2D eigenvalue weighted by molar-refractivity contribution is -0.122. The molecule has 1 fully saturated rings. The maximum Gasteiger partial charge on any atom is 0.243 e. The molecule has 1 heterocycles. The van der Waals surface area contributed by atoms with Crippen molar-refractivity contribution in [2.75, 3.05) is 50.0 Å². The van der Waals surface area contributed by atoms with Crippen molar-refractivity contribution in [3.63, 3.8) is 0 Å². The number of nitrogens with one attached hydrogen (secondary N) is 1. The summed E-state index contributed by atoms with van der Waals surface area (Å²) < 4.78 is 31.6. The van der Waals surface area contributed by atoms with E-state index in [1.807, 2.05) is 26.8 Å². The molecule has 7 nitrogen and oxygen atoms in total. The molecule has 0 aliphatic carbocycles. The number of aryl methyl sites for hydroxylation is 2. The molecule has 1 aromatic rings. The fourth-order valence-electron chi connectivity index (χ4n) is 3.42. The van der Waals surface area contributed by atoms with Gasteiger partial charge in [-0.25, -0.2) is 8.42 Å². The Morgan fingerprint density at radius 2 is 1.81 bits per heavy atom. The smallest absolute Gasteiger partial charge is 0.243 e. The van der Waals surface area contributed by atoms with Crippen LogP contribution in [0.4, 0.5) is 5.69 Å². The maximum absolute atomic E-state index is 12.8. The van der Waals surface area contributed by atoms with E-state index in [0.717, 1.165) is 37.0 Å². The topological polar surface area (TPSA) is 79.0 Å². The molecule has 1 atom stereocenters. The average molecular weight is 398 g/mol. The second-order valence-corrected chi connectivity index (χ2v) is 8.93. The van der Waals surface area contributed by atoms with Crippen molar-refractivity contribution in [1.82, 2.24) is 10.2 Å². The summed E-state index contributed by atoms with van der Waals surface area (Å²) in [5.74, 6) is -0.268. The van der Waals surface area contributed by atoms with E-state index in [0.29, 0.717) is 31.9 Å². The molecule has 0 unspecified atom stereocenters. The highest BCUT2D eigenvalue weighted by atomic mass is 32.2. The number of ether oxygens (including phenoxy) is 1. The molecule has 0 bridgehead atoms. The van der Waals surface area contributed by atoms with Gasteiger partial charge >= 0.3 is 0 Å². The minimum absolute atomic E-state index is 0.268. The third-order valence-corrected chi connectivity index (χ3v) is 5.80. The number of anilines is 1. The normalized spacial score (nSPS) is 16.7. The highest BCUT2D eigenvalue weighted by Crippen LogP contribution is 2.25. The Morgan fingerprint density at radius 3 is 2.33 bits per heavy atom. The second kappa shape index (κ2) is 9.52. The third kappa shape index (κ3) is 6.19. The number of morpholine rings is 1. The van der Waals surface area contributed by atoms with E-state index in [-0.39, 0.29) is 5.91 Å². The highest BCUT2D eigenvalue weighted by Gasteiger charge is 2.31. The van der Waals surface area contributed by atoms with Crippen LogP contribution in [0.1, 0.15) is 24.5 Å². The van der Waals surface area contributed by atoms with Crippen LogP contribution in [0.3, 0.4) is 0 Å². The Bertz CT molecular complexity index is 725. The van der Waals surface area contributed by atoms with Crippen LogP contribution >= 0.6 is 0 Å². The largest absolute Gasteiger partial charge is 0.379 e. The Balaban J connectivity index is 2.12. The number of amides is 1. The van der Waals surface area contributed by atoms with Gasteiger partial charge in [-0.1, -0.05) is 13.0 Å². The first-order valence-corrected chi connectivity index (χ1v) is 11.2. The molecule has 8 heteroatoms. The van der Waals surface area contributed by atoms with Crippen molar-refractivity contribution in [3.8, 4) is 0 Å². The molecule has 1 aromatic carbocycles. The fraction of sp³-hybridized carbons (Fsp3) is 0.632. The van der Waals surface area contributed by atoms with Crippen LogP contribution in [0, 0.1) is 13.8 Å². The molecule has 0 spiro atoms. The van der Waals surface area contributed by atoms with E-state index in [1.54, 1.807) is 12.1 Å². The summed E-state index contributed by atoms with van der Waals surface area (Å²) in [5.41, 5.74) is 2.45. The van der Waals surface area contributed by atoms with Gasteiger partial charge in [-0.2, -0.15) is 0 Å². The lowest BCUT2D eigenvalue weighted by atomic mass is 10.1. The van der Waals surface area contributed by atoms with Crippen LogP contribution < -0.4 is 9.62 Å². The van der Waals surface area contributed by atoms with Gasteiger partial charge < -0.3 is 10.1 Å². The molecule has 1 N–H and O–H groups in total. The summed E-state index contributed by atoms with van der Waals surface area (Å²) in [7, 11) is -3.61. The lowest BCUT2D eigenvalue weighted by Crippen LogP contribution is -2.51. The van der Waals surface area contributed by atoms with Gasteiger partial charge in [-0.05, 0) is 43.5 Å². The van der Waals surface area contributed by atoms with Crippen molar-refractivity contribution < 1.29 is 17.9 Å². The summed E-state index contributed by atoms with van der Waals surface area (Å²) in [6.45, 7) is 10.00. The van der Waals surface area contributed by atoms with Crippen LogP contribution in [0.5, 0.6) is 0 Å². The molecule has 0 radical (unpaired) electrons. The summed E-state index contributed by atoms with van der Waals surface area (Å²) in [4.78, 5) is 15.0. The number of nitrogens with zero attached hydrogens (tertiary/aromatic N) is 2. The van der Waals surface area contributed by atoms with Crippen LogP contribution in [-0.4, -0.2) is 70.9 Å². The number of sulfonamides is 1. The molecule has 0 saturated carbocycles. The first kappa shape index (κ1) is 21.7. The molecule has 152 valence electrons. The van der Waals surface area contributed by atoms with Crippen molar-refractivity contribution in [2.24, 2.45) is 0 Å². The molecule has 2 rings (SSSR count). The molecular weight excluding hydrogens is 366 g/mol. The van der Waals surface area contributed by atoms with Gasteiger partial charge in [0.05, 0.1) is 25.2 Å². The third-order valence-electron chi connectivity index (χ3n) is 4.62. The SMILES string of the molecule is CC[C@H](C(=O)NCCN1CCOCC1)N(c1cc(C)cc(C)c1)S(C)(=O)=O. The van der Waals surface area contributed by atoms with E-state index in [2.05, 4.69) is 10.2 Å². The molecule has 1 aliphatic heterocycles. The molecule has 1 aliphatic rings. The van der Waals surface area contributed by atoms with Gasteiger partial charge in [0, 0.05) is 26.2 Å². The number of benzene rings is 1. The summed E-state index contributed by atoms with van der Waals surface area (Å²) in [5, 5.41) is 2.91. The average Bonchev–Trinajstić information content (AvgIpc) is 2.58. The second-order valence-electron chi connectivity index (χ2n) is 7.07. The van der Waals surface area contributed by atoms with Gasteiger partial charge in [0.25, 0.3) is 0 Å². The minimum atomic E-state index is -3.61. The van der Waals surface area contributed by atoms with Gasteiger partial charge in [0.1, 0.15) is 6.04 Å². The van der Waals surface area contributed by atoms with E-state index in [9.17, 15) is 13.2 Å². The Hall–Kier alpha value is -1.64. The van der Waals surface area contributed by atoms with E-state index in [4.69, 9.17) is 4.74 Å². The minimum Gasteiger partial charge on any atom is -0.379 e. The zero-order chi connectivity index (χ0) is 20.0. The zero-order valence-corrected chi connectivity index (χ0v) is 17.5. The zero-order valence-electron chi connectivity index (χ0n) is 16.7. The van der Waals surface area contributed by atoms with E-state index in [1.165, 1.54) is 4.31 Å². The quantitative estimate of drug-likeness (QED) is 0.715. The molecule has 0 aromatic heterocycles. The Morgan fingerprint density at radius 1 is 1.22 bits per heavy atom. The monoisotopic (exact) mass is 397 g/mol. The Kier molecular flexibility index (Phi) is 7.64. The molecular formula is C19H31N3O4S. The van der Waals surface area contributed by atoms with Crippen LogP contribution in [-0.2, 0) is 19.6 Å². The predicted molar refractivity (Wildman–Crippen MR) is 108 cm³/mol. The lowest BCUT2D eigenvalue weighted by Gasteiger charge is -2.31. The Labute approximate surface area is 162 Å². The number of carbonyl (C=O) groups excluding carboxylic acids is 1. The first-order chi connectivity index (χ1) is 12.7. The van der Waals surface area contributed by atoms with Gasteiger partial charge in [0.15, 0.2) is 0 Å². The van der Waals surface area contributed by atoms with Gasteiger partial charge in [-0.15, -0.1) is 0 Å². The maximum atomic E-state index is 12.8. The van der Waals surface area contributed by atoms with Crippen molar-refractivity contribution in [2.45, 2.75) is 33.2 Å².